The first kappa shape index (κ1) is 30.0. The molecule has 2 aliphatic heterocycles. The molecule has 3 aromatic heterocycles. The second-order valence-corrected chi connectivity index (χ2v) is 11.2. The number of piperazine rings is 1. The second-order valence-electron chi connectivity index (χ2n) is 11.2. The van der Waals surface area contributed by atoms with Gasteiger partial charge in [0.1, 0.15) is 11.5 Å². The molecule has 0 atom stereocenters. The molecule has 6 rings (SSSR count). The molecule has 5 heterocycles. The maximum absolute atomic E-state index is 16.2. The van der Waals surface area contributed by atoms with Crippen LogP contribution in [0.3, 0.4) is 0 Å². The summed E-state index contributed by atoms with van der Waals surface area (Å²) in [6, 6.07) is 4.73. The lowest BCUT2D eigenvalue weighted by Gasteiger charge is -2.35. The highest BCUT2D eigenvalue weighted by Crippen LogP contribution is 2.35. The number of aromatic nitrogens is 5. The molecule has 45 heavy (non-hydrogen) atoms. The first-order valence-corrected chi connectivity index (χ1v) is 14.8. The molecule has 1 aromatic carbocycles. The molecule has 0 saturated carbocycles. The number of hydrogen-bond acceptors (Lipinski definition) is 7. The summed E-state index contributed by atoms with van der Waals surface area (Å²) in [5.74, 6) is -0.408. The smallest absolute Gasteiger partial charge is 0.270 e. The Morgan fingerprint density at radius 1 is 1.09 bits per heavy atom. The van der Waals surface area contributed by atoms with Gasteiger partial charge in [-0.25, -0.2) is 13.8 Å². The van der Waals surface area contributed by atoms with E-state index < -0.39 is 11.6 Å². The highest BCUT2D eigenvalue weighted by atomic mass is 19.1. The summed E-state index contributed by atoms with van der Waals surface area (Å²) in [6.45, 7) is 8.93. The lowest BCUT2D eigenvalue weighted by Crippen LogP contribution is -2.49. The van der Waals surface area contributed by atoms with Crippen LogP contribution in [0.15, 0.2) is 49.4 Å². The van der Waals surface area contributed by atoms with Crippen LogP contribution in [0.4, 0.5) is 14.6 Å². The molecule has 1 fully saturated rings. The van der Waals surface area contributed by atoms with E-state index >= 15 is 4.39 Å². The second kappa shape index (κ2) is 12.5. The molecular formula is C32H34F2N8O3. The Labute approximate surface area is 258 Å². The molecule has 0 radical (unpaired) electrons. The fourth-order valence-electron chi connectivity index (χ4n) is 5.93. The van der Waals surface area contributed by atoms with Gasteiger partial charge in [-0.1, -0.05) is 23.4 Å². The number of ether oxygens (including phenoxy) is 1. The molecule has 1 saturated heterocycles. The summed E-state index contributed by atoms with van der Waals surface area (Å²) >= 11 is 0. The zero-order valence-corrected chi connectivity index (χ0v) is 25.2. The first-order chi connectivity index (χ1) is 21.7. The summed E-state index contributed by atoms with van der Waals surface area (Å²) in [5, 5.41) is 8.25. The lowest BCUT2D eigenvalue weighted by atomic mass is 9.94. The highest BCUT2D eigenvalue weighted by Gasteiger charge is 2.28. The number of pyridine rings is 1. The topological polar surface area (TPSA) is 112 Å². The molecule has 0 aliphatic carbocycles. The van der Waals surface area contributed by atoms with Crippen LogP contribution in [-0.4, -0.2) is 93.0 Å². The molecular weight excluding hydrogens is 582 g/mol. The van der Waals surface area contributed by atoms with E-state index in [2.05, 4.69) is 26.9 Å². The van der Waals surface area contributed by atoms with Gasteiger partial charge in [0, 0.05) is 68.9 Å². The van der Waals surface area contributed by atoms with E-state index in [0.29, 0.717) is 73.8 Å². The number of aryl methyl sites for hydroxylation is 1. The van der Waals surface area contributed by atoms with Gasteiger partial charge in [0.15, 0.2) is 17.4 Å². The number of rotatable bonds is 8. The van der Waals surface area contributed by atoms with Gasteiger partial charge in [-0.2, -0.15) is 0 Å². The number of H-pyrrole nitrogens is 1. The van der Waals surface area contributed by atoms with Crippen LogP contribution in [0.2, 0.25) is 0 Å². The Kier molecular flexibility index (Phi) is 8.33. The van der Waals surface area contributed by atoms with Crippen LogP contribution < -0.4 is 9.64 Å². The van der Waals surface area contributed by atoms with Crippen molar-refractivity contribution in [1.29, 1.82) is 0 Å². The van der Waals surface area contributed by atoms with Gasteiger partial charge in [-0.3, -0.25) is 14.3 Å². The van der Waals surface area contributed by atoms with Crippen molar-refractivity contribution in [2.24, 2.45) is 0 Å². The Hall–Kier alpha value is -5.07. The highest BCUT2D eigenvalue weighted by molar-refractivity contribution is 6.02. The van der Waals surface area contributed by atoms with Crippen molar-refractivity contribution in [2.75, 3.05) is 51.3 Å². The monoisotopic (exact) mass is 616 g/mol. The summed E-state index contributed by atoms with van der Waals surface area (Å²) in [4.78, 5) is 39.2. The molecule has 0 spiro atoms. The molecule has 0 unspecified atom stereocenters. The van der Waals surface area contributed by atoms with Crippen LogP contribution >= 0.6 is 0 Å². The van der Waals surface area contributed by atoms with Crippen LogP contribution in [0.1, 0.15) is 41.4 Å². The molecule has 4 aromatic rings. The van der Waals surface area contributed by atoms with Gasteiger partial charge >= 0.3 is 0 Å². The third-order valence-electron chi connectivity index (χ3n) is 8.30. The fraction of sp³-hybridized carbons (Fsp3) is 0.344. The minimum absolute atomic E-state index is 0.0424. The van der Waals surface area contributed by atoms with Crippen molar-refractivity contribution in [1.82, 2.24) is 34.8 Å². The number of methoxy groups -OCH3 is 1. The molecule has 13 heteroatoms. The number of aromatic amines is 1. The summed E-state index contributed by atoms with van der Waals surface area (Å²) in [6.07, 6.45) is 7.24. The molecule has 11 nitrogen and oxygen atoms in total. The average Bonchev–Trinajstić information content (AvgIpc) is 3.75. The van der Waals surface area contributed by atoms with Gasteiger partial charge in [0.2, 0.25) is 5.91 Å². The van der Waals surface area contributed by atoms with E-state index in [4.69, 9.17) is 4.74 Å². The van der Waals surface area contributed by atoms with E-state index in [1.54, 1.807) is 39.0 Å². The van der Waals surface area contributed by atoms with Gasteiger partial charge in [-0.05, 0) is 36.6 Å². The number of fused-ring (bicyclic) bond motifs is 1. The molecule has 1 N–H and O–H groups in total. The summed E-state index contributed by atoms with van der Waals surface area (Å²) < 4.78 is 36.7. The number of hydrogen-bond donors (Lipinski definition) is 1. The number of halogens is 2. The van der Waals surface area contributed by atoms with Crippen molar-refractivity contribution in [3.05, 3.63) is 77.9 Å². The maximum atomic E-state index is 16.2. The summed E-state index contributed by atoms with van der Waals surface area (Å²) in [7, 11) is 1.46. The average molecular weight is 617 g/mol. The number of nitrogens with one attached hydrogen (secondary N) is 1. The third-order valence-corrected chi connectivity index (χ3v) is 8.30. The van der Waals surface area contributed by atoms with E-state index in [1.165, 1.54) is 13.2 Å². The van der Waals surface area contributed by atoms with Crippen molar-refractivity contribution in [3.63, 3.8) is 0 Å². The largest absolute Gasteiger partial charge is 0.493 e. The number of allylic oxidation sites excluding steroid dienone is 1. The van der Waals surface area contributed by atoms with Crippen LogP contribution in [0.5, 0.6) is 5.75 Å². The zero-order chi connectivity index (χ0) is 31.7. The minimum atomic E-state index is -0.488. The number of anilines is 1. The number of nitrogens with zero attached hydrogens (tertiary/aromatic N) is 7. The molecule has 2 amide bonds. The minimum Gasteiger partial charge on any atom is -0.493 e. The van der Waals surface area contributed by atoms with Crippen LogP contribution in [0.25, 0.3) is 22.0 Å². The van der Waals surface area contributed by atoms with Crippen molar-refractivity contribution < 1.29 is 23.1 Å². The van der Waals surface area contributed by atoms with Gasteiger partial charge < -0.3 is 24.4 Å². The van der Waals surface area contributed by atoms with Gasteiger partial charge in [-0.15, -0.1) is 5.10 Å². The van der Waals surface area contributed by atoms with Gasteiger partial charge in [0.25, 0.3) is 5.91 Å². The van der Waals surface area contributed by atoms with Crippen molar-refractivity contribution in [2.45, 2.75) is 26.3 Å². The van der Waals surface area contributed by atoms with E-state index in [-0.39, 0.29) is 36.0 Å². The standard InChI is InChI=1S/C32H34F2N8O3/c1-20(2)23-16-24(21-5-4-8-41(19-21)28(43)6-9-42-10-7-36-38-42)29(34)30-25(23)17-26(37-30)32(44)40-13-11-39(12-14-40)31-27(45-3)15-22(33)18-35-31/h5,7,10,15-18,37H,1,4,6,8-9,11-14,19H2,2-3H3. The molecule has 234 valence electrons. The lowest BCUT2D eigenvalue weighted by molar-refractivity contribution is -0.131. The third kappa shape index (κ3) is 6.02. The molecule has 0 bridgehead atoms. The summed E-state index contributed by atoms with van der Waals surface area (Å²) in [5.41, 5.74) is 3.04. The van der Waals surface area contributed by atoms with Crippen molar-refractivity contribution in [3.8, 4) is 5.75 Å². The number of amides is 2. The van der Waals surface area contributed by atoms with Crippen LogP contribution in [-0.2, 0) is 11.3 Å². The Morgan fingerprint density at radius 2 is 1.89 bits per heavy atom. The van der Waals surface area contributed by atoms with E-state index in [0.717, 1.165) is 17.3 Å². The molecule has 2 aliphatic rings. The Balaban J connectivity index is 1.21. The Morgan fingerprint density at radius 3 is 2.60 bits per heavy atom. The van der Waals surface area contributed by atoms with E-state index in [1.807, 2.05) is 17.9 Å². The number of carbonyl (C=O) groups excluding carboxylic acids is 2. The SMILES string of the molecule is C=C(C)c1cc(C2=CCCN(C(=O)CCn3ccnn3)C2)c(F)c2[nH]c(C(=O)N3CCN(c4ncc(F)cc4OC)CC3)cc12. The van der Waals surface area contributed by atoms with Crippen molar-refractivity contribution >= 4 is 39.7 Å². The predicted octanol–water partition coefficient (Wildman–Crippen LogP) is 4.14. The van der Waals surface area contributed by atoms with E-state index in [9.17, 15) is 14.0 Å². The number of benzene rings is 1. The first-order valence-electron chi connectivity index (χ1n) is 14.8. The van der Waals surface area contributed by atoms with Gasteiger partial charge in [0.05, 0.1) is 31.6 Å². The maximum Gasteiger partial charge on any atom is 0.270 e. The number of carbonyl (C=O) groups is 2. The quantitative estimate of drug-likeness (QED) is 0.317. The fourth-order valence-corrected chi connectivity index (χ4v) is 5.93. The normalized spacial score (nSPS) is 15.4. The zero-order valence-electron chi connectivity index (χ0n) is 25.2. The Bertz CT molecular complexity index is 1790. The predicted molar refractivity (Wildman–Crippen MR) is 166 cm³/mol. The van der Waals surface area contributed by atoms with Crippen LogP contribution in [0, 0.1) is 11.6 Å².